The van der Waals surface area contributed by atoms with Crippen LogP contribution in [0, 0.1) is 5.92 Å². The summed E-state index contributed by atoms with van der Waals surface area (Å²) in [4.78, 5) is 13.8. The number of rotatable bonds is 2. The fourth-order valence-corrected chi connectivity index (χ4v) is 2.23. The fraction of sp³-hybridized carbons (Fsp3) is 0.462. The molecule has 3 N–H and O–H groups in total. The number of amides is 2. The van der Waals surface area contributed by atoms with E-state index in [0.717, 1.165) is 31.6 Å². The Morgan fingerprint density at radius 3 is 2.50 bits per heavy atom. The lowest BCUT2D eigenvalue weighted by molar-refractivity contribution is 0.184. The number of urea groups is 1. The smallest absolute Gasteiger partial charge is 0.321 e. The number of hydrogen-bond acceptors (Lipinski definition) is 2. The molecule has 0 atom stereocenters. The zero-order valence-electron chi connectivity index (χ0n) is 10.2. The van der Waals surface area contributed by atoms with Gasteiger partial charge >= 0.3 is 6.03 Å². The van der Waals surface area contributed by atoms with Crippen LogP contribution >= 0.6 is 11.6 Å². The van der Waals surface area contributed by atoms with E-state index in [0.29, 0.717) is 17.5 Å². The maximum Gasteiger partial charge on any atom is 0.321 e. The molecule has 1 saturated heterocycles. The van der Waals surface area contributed by atoms with Crippen molar-refractivity contribution in [3.05, 3.63) is 29.3 Å². The van der Waals surface area contributed by atoms with E-state index in [1.54, 1.807) is 24.3 Å². The number of likely N-dealkylation sites (tertiary alicyclic amines) is 1. The first kappa shape index (κ1) is 13.2. The molecule has 0 aliphatic carbocycles. The fourth-order valence-electron chi connectivity index (χ4n) is 2.11. The van der Waals surface area contributed by atoms with Crippen molar-refractivity contribution in [3.8, 4) is 0 Å². The zero-order chi connectivity index (χ0) is 13.0. The van der Waals surface area contributed by atoms with Crippen molar-refractivity contribution in [1.29, 1.82) is 0 Å². The van der Waals surface area contributed by atoms with E-state index in [2.05, 4.69) is 5.32 Å². The molecule has 0 bridgehead atoms. The highest BCUT2D eigenvalue weighted by atomic mass is 35.5. The van der Waals surface area contributed by atoms with Crippen LogP contribution in [0.2, 0.25) is 5.02 Å². The van der Waals surface area contributed by atoms with E-state index in [1.165, 1.54) is 0 Å². The van der Waals surface area contributed by atoms with E-state index in [-0.39, 0.29) is 6.03 Å². The lowest BCUT2D eigenvalue weighted by atomic mass is 9.97. The van der Waals surface area contributed by atoms with Crippen molar-refractivity contribution in [2.75, 3.05) is 25.0 Å². The molecule has 0 saturated carbocycles. The predicted octanol–water partition coefficient (Wildman–Crippen LogP) is 2.54. The third-order valence-electron chi connectivity index (χ3n) is 3.33. The number of nitrogens with one attached hydrogen (secondary N) is 1. The van der Waals surface area contributed by atoms with Crippen molar-refractivity contribution < 1.29 is 4.79 Å². The first-order valence-electron chi connectivity index (χ1n) is 6.20. The van der Waals surface area contributed by atoms with Gasteiger partial charge in [0.15, 0.2) is 0 Å². The van der Waals surface area contributed by atoms with Crippen LogP contribution in [0.25, 0.3) is 0 Å². The molecule has 98 valence electrons. The molecule has 2 amide bonds. The number of nitrogens with zero attached hydrogens (tertiary/aromatic N) is 1. The Labute approximate surface area is 112 Å². The number of carbonyl (C=O) groups excluding carboxylic acids is 1. The van der Waals surface area contributed by atoms with Crippen LogP contribution in [0.5, 0.6) is 0 Å². The Bertz CT molecular complexity index is 399. The highest BCUT2D eigenvalue weighted by Gasteiger charge is 2.21. The molecule has 1 aliphatic rings. The molecule has 1 aromatic rings. The Morgan fingerprint density at radius 2 is 1.94 bits per heavy atom. The molecule has 18 heavy (non-hydrogen) atoms. The van der Waals surface area contributed by atoms with Crippen molar-refractivity contribution in [2.45, 2.75) is 12.8 Å². The quantitative estimate of drug-likeness (QED) is 0.865. The molecule has 0 spiro atoms. The van der Waals surface area contributed by atoms with E-state index in [1.807, 2.05) is 4.90 Å². The molecule has 2 rings (SSSR count). The minimum atomic E-state index is -0.0483. The summed E-state index contributed by atoms with van der Waals surface area (Å²) >= 11 is 5.79. The van der Waals surface area contributed by atoms with Gasteiger partial charge in [-0.25, -0.2) is 4.79 Å². The maximum absolute atomic E-state index is 12.0. The standard InChI is InChI=1S/C13H18ClN3O/c14-11-1-3-12(4-2-11)16-13(18)17-7-5-10(9-15)6-8-17/h1-4,10H,5-9,15H2,(H,16,18). The summed E-state index contributed by atoms with van der Waals surface area (Å²) in [5, 5.41) is 3.53. The van der Waals surface area contributed by atoms with Gasteiger partial charge in [-0.3, -0.25) is 0 Å². The molecule has 0 aromatic heterocycles. The largest absolute Gasteiger partial charge is 0.330 e. The van der Waals surface area contributed by atoms with Crippen LogP contribution in [-0.2, 0) is 0 Å². The third kappa shape index (κ3) is 3.37. The average Bonchev–Trinajstić information content (AvgIpc) is 2.41. The second kappa shape index (κ2) is 6.07. The number of piperidine rings is 1. The summed E-state index contributed by atoms with van der Waals surface area (Å²) < 4.78 is 0. The Morgan fingerprint density at radius 1 is 1.33 bits per heavy atom. The normalized spacial score (nSPS) is 16.7. The summed E-state index contributed by atoms with van der Waals surface area (Å²) in [5.41, 5.74) is 6.40. The van der Waals surface area contributed by atoms with Gasteiger partial charge in [0.25, 0.3) is 0 Å². The lowest BCUT2D eigenvalue weighted by Gasteiger charge is -2.31. The zero-order valence-corrected chi connectivity index (χ0v) is 11.0. The average molecular weight is 268 g/mol. The second-order valence-electron chi connectivity index (χ2n) is 4.60. The van der Waals surface area contributed by atoms with Crippen LogP contribution in [-0.4, -0.2) is 30.6 Å². The maximum atomic E-state index is 12.0. The van der Waals surface area contributed by atoms with E-state index in [9.17, 15) is 4.79 Å². The number of nitrogens with two attached hydrogens (primary N) is 1. The molecule has 4 nitrogen and oxygen atoms in total. The van der Waals surface area contributed by atoms with Crippen molar-refractivity contribution in [1.82, 2.24) is 4.90 Å². The summed E-state index contributed by atoms with van der Waals surface area (Å²) in [7, 11) is 0. The summed E-state index contributed by atoms with van der Waals surface area (Å²) in [6, 6.07) is 7.07. The van der Waals surface area contributed by atoms with E-state index >= 15 is 0 Å². The highest BCUT2D eigenvalue weighted by Crippen LogP contribution is 2.18. The monoisotopic (exact) mass is 267 g/mol. The Hall–Kier alpha value is -1.26. The van der Waals surface area contributed by atoms with Crippen LogP contribution < -0.4 is 11.1 Å². The van der Waals surface area contributed by atoms with Crippen molar-refractivity contribution in [3.63, 3.8) is 0 Å². The molecule has 1 aromatic carbocycles. The van der Waals surface area contributed by atoms with Crippen LogP contribution in [0.1, 0.15) is 12.8 Å². The summed E-state index contributed by atoms with van der Waals surface area (Å²) in [6.07, 6.45) is 1.98. The minimum absolute atomic E-state index is 0.0483. The van der Waals surface area contributed by atoms with Crippen molar-refractivity contribution in [2.24, 2.45) is 11.7 Å². The predicted molar refractivity (Wildman–Crippen MR) is 73.8 cm³/mol. The molecule has 1 heterocycles. The van der Waals surface area contributed by atoms with Crippen LogP contribution in [0.4, 0.5) is 10.5 Å². The topological polar surface area (TPSA) is 58.4 Å². The van der Waals surface area contributed by atoms with Crippen molar-refractivity contribution >= 4 is 23.3 Å². The van der Waals surface area contributed by atoms with Crippen LogP contribution in [0.15, 0.2) is 24.3 Å². The molecule has 0 radical (unpaired) electrons. The van der Waals surface area contributed by atoms with Gasteiger partial charge in [-0.15, -0.1) is 0 Å². The summed E-state index contributed by atoms with van der Waals surface area (Å²) in [6.45, 7) is 2.27. The first-order chi connectivity index (χ1) is 8.69. The molecule has 1 fully saturated rings. The molecule has 0 unspecified atom stereocenters. The first-order valence-corrected chi connectivity index (χ1v) is 6.58. The molecular formula is C13H18ClN3O. The minimum Gasteiger partial charge on any atom is -0.330 e. The number of anilines is 1. The van der Waals surface area contributed by atoms with Gasteiger partial charge in [-0.1, -0.05) is 11.6 Å². The Balaban J connectivity index is 1.87. The van der Waals surface area contributed by atoms with Crippen LogP contribution in [0.3, 0.4) is 0 Å². The third-order valence-corrected chi connectivity index (χ3v) is 3.58. The Kier molecular flexibility index (Phi) is 4.44. The number of hydrogen-bond donors (Lipinski definition) is 2. The van der Waals surface area contributed by atoms with Gasteiger partial charge in [-0.05, 0) is 49.6 Å². The van der Waals surface area contributed by atoms with Gasteiger partial charge < -0.3 is 16.0 Å². The summed E-state index contributed by atoms with van der Waals surface area (Å²) in [5.74, 6) is 0.560. The van der Waals surface area contributed by atoms with Gasteiger partial charge in [0.2, 0.25) is 0 Å². The van der Waals surface area contributed by atoms with Gasteiger partial charge in [-0.2, -0.15) is 0 Å². The molecule has 1 aliphatic heterocycles. The van der Waals surface area contributed by atoms with Gasteiger partial charge in [0, 0.05) is 23.8 Å². The number of halogens is 1. The molecule has 5 heteroatoms. The van der Waals surface area contributed by atoms with Gasteiger partial charge in [0.05, 0.1) is 0 Å². The second-order valence-corrected chi connectivity index (χ2v) is 5.04. The SMILES string of the molecule is NCC1CCN(C(=O)Nc2ccc(Cl)cc2)CC1. The number of benzene rings is 1. The number of carbonyl (C=O) groups is 1. The van der Waals surface area contributed by atoms with E-state index in [4.69, 9.17) is 17.3 Å². The highest BCUT2D eigenvalue weighted by molar-refractivity contribution is 6.30. The lowest BCUT2D eigenvalue weighted by Crippen LogP contribution is -2.42. The molecular weight excluding hydrogens is 250 g/mol. The van der Waals surface area contributed by atoms with Gasteiger partial charge in [0.1, 0.15) is 0 Å². The van der Waals surface area contributed by atoms with E-state index < -0.39 is 0 Å².